The monoisotopic (exact) mass is 352 g/mol. The third kappa shape index (κ3) is 1.98. The molecule has 0 heterocycles. The van der Waals surface area contributed by atoms with E-state index in [1.165, 1.54) is 22.3 Å². The molecule has 26 heavy (non-hydrogen) atoms. The Bertz CT molecular complexity index is 1010. The Morgan fingerprint density at radius 3 is 1.85 bits per heavy atom. The summed E-state index contributed by atoms with van der Waals surface area (Å²) < 4.78 is 0. The molecule has 2 aliphatic rings. The Balaban J connectivity index is 2.24. The van der Waals surface area contributed by atoms with E-state index in [1.54, 1.807) is 0 Å². The molecule has 126 valence electrons. The fraction of sp³-hybridized carbons (Fsp3) is 0.0400. The molecular weight excluding hydrogens is 332 g/mol. The van der Waals surface area contributed by atoms with E-state index in [4.69, 9.17) is 0 Å². The molecule has 0 aromatic heterocycles. The van der Waals surface area contributed by atoms with Crippen LogP contribution in [0, 0.1) is 0 Å². The summed E-state index contributed by atoms with van der Waals surface area (Å²) in [6.45, 7) is 16.6. The Labute approximate surface area is 160 Å². The van der Waals surface area contributed by atoms with Crippen LogP contribution >= 0.6 is 12.6 Å². The van der Waals surface area contributed by atoms with Crippen LogP contribution in [0.25, 0.3) is 11.1 Å². The molecule has 2 aromatic rings. The highest BCUT2D eigenvalue weighted by Gasteiger charge is 2.53. The van der Waals surface area contributed by atoms with Crippen LogP contribution in [0.15, 0.2) is 120 Å². The van der Waals surface area contributed by atoms with Crippen molar-refractivity contribution < 1.29 is 0 Å². The maximum atomic E-state index is 4.46. The summed E-state index contributed by atoms with van der Waals surface area (Å²) in [5.74, 6) is 0. The molecule has 0 saturated heterocycles. The van der Waals surface area contributed by atoms with E-state index in [2.05, 4.69) is 93.6 Å². The SMILES string of the molecule is C=C/C=C1\C(=C)C(=C)/C(=C\C(=C)S)C12c1ccccc1-c1ccccc12. The zero-order valence-corrected chi connectivity index (χ0v) is 15.5. The van der Waals surface area contributed by atoms with Crippen LogP contribution < -0.4 is 0 Å². The van der Waals surface area contributed by atoms with Gasteiger partial charge in [-0.1, -0.05) is 87.0 Å². The molecule has 1 fully saturated rings. The van der Waals surface area contributed by atoms with Crippen LogP contribution in [-0.4, -0.2) is 0 Å². The number of fused-ring (bicyclic) bond motifs is 5. The number of allylic oxidation sites excluding steroid dienone is 7. The summed E-state index contributed by atoms with van der Waals surface area (Å²) in [5, 5.41) is 0. The molecule has 0 N–H and O–H groups in total. The number of hydrogen-bond acceptors (Lipinski definition) is 1. The van der Waals surface area contributed by atoms with Crippen LogP contribution in [0.2, 0.25) is 0 Å². The Morgan fingerprint density at radius 2 is 1.35 bits per heavy atom. The molecule has 1 spiro atoms. The number of benzene rings is 2. The minimum absolute atomic E-state index is 0.443. The van der Waals surface area contributed by atoms with Gasteiger partial charge >= 0.3 is 0 Å². The summed E-state index contributed by atoms with van der Waals surface area (Å²) in [4.78, 5) is 0.704. The number of thiol groups is 1. The van der Waals surface area contributed by atoms with Gasteiger partial charge in [-0.3, -0.25) is 0 Å². The van der Waals surface area contributed by atoms with E-state index >= 15 is 0 Å². The number of hydrogen-bond donors (Lipinski definition) is 1. The molecule has 1 saturated carbocycles. The summed E-state index contributed by atoms with van der Waals surface area (Å²) in [6, 6.07) is 17.1. The highest BCUT2D eigenvalue weighted by atomic mass is 32.1. The predicted octanol–water partition coefficient (Wildman–Crippen LogP) is 6.56. The molecule has 4 rings (SSSR count). The first-order valence-electron chi connectivity index (χ1n) is 8.55. The smallest absolute Gasteiger partial charge is 0.0725 e. The van der Waals surface area contributed by atoms with Gasteiger partial charge < -0.3 is 0 Å². The molecule has 0 atom stereocenters. The summed E-state index contributed by atoms with van der Waals surface area (Å²) in [6.07, 6.45) is 5.92. The lowest BCUT2D eigenvalue weighted by atomic mass is 9.70. The lowest BCUT2D eigenvalue weighted by molar-refractivity contribution is 0.789. The molecular formula is C25H20S. The van der Waals surface area contributed by atoms with Crippen LogP contribution in [-0.2, 0) is 5.41 Å². The van der Waals surface area contributed by atoms with E-state index in [-0.39, 0.29) is 0 Å². The molecule has 0 radical (unpaired) electrons. The molecule has 0 bridgehead atoms. The fourth-order valence-corrected chi connectivity index (χ4v) is 4.57. The Morgan fingerprint density at radius 1 is 0.846 bits per heavy atom. The van der Waals surface area contributed by atoms with Gasteiger partial charge in [-0.25, -0.2) is 0 Å². The van der Waals surface area contributed by atoms with Crippen LogP contribution in [0.4, 0.5) is 0 Å². The van der Waals surface area contributed by atoms with Crippen LogP contribution in [0.3, 0.4) is 0 Å². The highest BCUT2D eigenvalue weighted by molar-refractivity contribution is 7.84. The van der Waals surface area contributed by atoms with Crippen molar-refractivity contribution in [3.63, 3.8) is 0 Å². The Hall–Kier alpha value is -2.77. The second kappa shape index (κ2) is 5.89. The van der Waals surface area contributed by atoms with Gasteiger partial charge in [-0.2, -0.15) is 0 Å². The van der Waals surface area contributed by atoms with Gasteiger partial charge in [0.15, 0.2) is 0 Å². The van der Waals surface area contributed by atoms with Gasteiger partial charge in [0.1, 0.15) is 0 Å². The highest BCUT2D eigenvalue weighted by Crippen LogP contribution is 2.64. The van der Waals surface area contributed by atoms with Crippen molar-refractivity contribution in [2.75, 3.05) is 0 Å². The molecule has 0 nitrogen and oxygen atoms in total. The van der Waals surface area contributed by atoms with E-state index in [9.17, 15) is 0 Å². The minimum atomic E-state index is -0.443. The van der Waals surface area contributed by atoms with E-state index in [0.29, 0.717) is 4.91 Å². The zero-order chi connectivity index (χ0) is 18.5. The Kier molecular flexibility index (Phi) is 3.78. The van der Waals surface area contributed by atoms with Gasteiger partial charge in [0, 0.05) is 0 Å². The van der Waals surface area contributed by atoms with Crippen molar-refractivity contribution in [2.45, 2.75) is 5.41 Å². The second-order valence-electron chi connectivity index (χ2n) is 6.66. The lowest BCUT2D eigenvalue weighted by Gasteiger charge is -2.31. The third-order valence-corrected chi connectivity index (χ3v) is 5.50. The molecule has 0 amide bonds. The first-order chi connectivity index (χ1) is 12.5. The fourth-order valence-electron chi connectivity index (χ4n) is 4.44. The van der Waals surface area contributed by atoms with Gasteiger partial charge in [-0.15, -0.1) is 12.6 Å². The standard InChI is InChI=1S/C25H20S/c1-5-10-21-17(3)18(4)24(15-16(2)26)25(21)22-13-8-6-11-19(22)20-12-7-9-14-23(20)25/h5-15,26H,1-4H2/b21-10+,24-15+. The average Bonchev–Trinajstić information content (AvgIpc) is 3.04. The molecule has 2 aromatic carbocycles. The topological polar surface area (TPSA) is 0 Å². The van der Waals surface area contributed by atoms with E-state index in [1.807, 2.05) is 12.2 Å². The average molecular weight is 353 g/mol. The first-order valence-corrected chi connectivity index (χ1v) is 8.99. The van der Waals surface area contributed by atoms with Crippen molar-refractivity contribution in [3.8, 4) is 11.1 Å². The third-order valence-electron chi connectivity index (χ3n) is 5.37. The molecule has 1 heteroatoms. The van der Waals surface area contributed by atoms with Gasteiger partial charge in [0.2, 0.25) is 0 Å². The van der Waals surface area contributed by atoms with E-state index in [0.717, 1.165) is 22.3 Å². The number of rotatable bonds is 2. The lowest BCUT2D eigenvalue weighted by Crippen LogP contribution is -2.26. The second-order valence-corrected chi connectivity index (χ2v) is 7.24. The molecule has 2 aliphatic carbocycles. The van der Waals surface area contributed by atoms with Crippen molar-refractivity contribution >= 4 is 12.6 Å². The van der Waals surface area contributed by atoms with Crippen LogP contribution in [0.5, 0.6) is 0 Å². The summed E-state index contributed by atoms with van der Waals surface area (Å²) in [5.41, 5.74) is 8.62. The van der Waals surface area contributed by atoms with E-state index < -0.39 is 5.41 Å². The van der Waals surface area contributed by atoms with Crippen LogP contribution in [0.1, 0.15) is 11.1 Å². The quantitative estimate of drug-likeness (QED) is 0.581. The maximum Gasteiger partial charge on any atom is 0.0725 e. The summed E-state index contributed by atoms with van der Waals surface area (Å²) >= 11 is 4.46. The largest absolute Gasteiger partial charge is 0.144 e. The van der Waals surface area contributed by atoms with Crippen molar-refractivity contribution in [1.82, 2.24) is 0 Å². The molecule has 0 unspecified atom stereocenters. The van der Waals surface area contributed by atoms with Gasteiger partial charge in [0.25, 0.3) is 0 Å². The maximum absolute atomic E-state index is 4.46. The summed E-state index contributed by atoms with van der Waals surface area (Å²) in [7, 11) is 0. The van der Waals surface area contributed by atoms with Crippen molar-refractivity contribution in [2.24, 2.45) is 0 Å². The van der Waals surface area contributed by atoms with Crippen molar-refractivity contribution in [1.29, 1.82) is 0 Å². The van der Waals surface area contributed by atoms with Gasteiger partial charge in [-0.05, 0) is 55.5 Å². The normalized spacial score (nSPS) is 19.9. The van der Waals surface area contributed by atoms with Crippen molar-refractivity contribution in [3.05, 3.63) is 131 Å². The zero-order valence-electron chi connectivity index (χ0n) is 14.6. The molecule has 0 aliphatic heterocycles. The van der Waals surface area contributed by atoms with Gasteiger partial charge in [0.05, 0.1) is 5.41 Å². The first kappa shape index (κ1) is 16.7. The minimum Gasteiger partial charge on any atom is -0.144 e. The predicted molar refractivity (Wildman–Crippen MR) is 115 cm³/mol.